The zero-order valence-corrected chi connectivity index (χ0v) is 12.7. The van der Waals surface area contributed by atoms with Crippen LogP contribution in [0.2, 0.25) is 0 Å². The molecule has 1 aromatic heterocycles. The Hall–Kier alpha value is -2.80. The van der Waals surface area contributed by atoms with Gasteiger partial charge >= 0.3 is 0 Å². The number of benzene rings is 2. The van der Waals surface area contributed by atoms with Crippen molar-refractivity contribution in [1.82, 2.24) is 15.1 Å². The third kappa shape index (κ3) is 3.41. The van der Waals surface area contributed by atoms with Crippen LogP contribution < -0.4 is 11.1 Å². The maximum atomic E-state index is 12.1. The smallest absolute Gasteiger partial charge is 0.250 e. The van der Waals surface area contributed by atoms with E-state index in [0.717, 1.165) is 16.6 Å². The van der Waals surface area contributed by atoms with Crippen molar-refractivity contribution < 1.29 is 13.6 Å². The summed E-state index contributed by atoms with van der Waals surface area (Å²) >= 11 is 0. The fourth-order valence-corrected chi connectivity index (χ4v) is 2.47. The van der Waals surface area contributed by atoms with Gasteiger partial charge in [-0.15, -0.1) is 0 Å². The number of hydrogen-bond donors (Lipinski definition) is 2. The molecule has 3 rings (SSSR count). The Morgan fingerprint density at radius 1 is 1.21 bits per heavy atom. The van der Waals surface area contributed by atoms with Gasteiger partial charge in [0.25, 0.3) is 12.3 Å². The summed E-state index contributed by atoms with van der Waals surface area (Å²) in [5.74, 6) is -0.522. The molecule has 3 N–H and O–H groups in total. The van der Waals surface area contributed by atoms with Gasteiger partial charge in [0.2, 0.25) is 0 Å². The third-order valence-electron chi connectivity index (χ3n) is 3.63. The highest BCUT2D eigenvalue weighted by molar-refractivity contribution is 6.04. The van der Waals surface area contributed by atoms with Crippen LogP contribution in [0.3, 0.4) is 0 Å². The molecule has 24 heavy (non-hydrogen) atoms. The lowest BCUT2D eigenvalue weighted by molar-refractivity contribution is 0.100. The minimum atomic E-state index is -2.36. The first-order valence-corrected chi connectivity index (χ1v) is 7.41. The van der Waals surface area contributed by atoms with Gasteiger partial charge in [0.05, 0.1) is 17.8 Å². The highest BCUT2D eigenvalue weighted by Crippen LogP contribution is 2.19. The number of amides is 1. The normalized spacial score (nSPS) is 11.3. The molecular formula is C17H16F2N4O. The Labute approximate surface area is 137 Å². The zero-order chi connectivity index (χ0) is 17.1. The molecule has 5 nitrogen and oxygen atoms in total. The molecule has 0 radical (unpaired) electrons. The Bertz CT molecular complexity index is 859. The van der Waals surface area contributed by atoms with Crippen LogP contribution in [0.5, 0.6) is 0 Å². The van der Waals surface area contributed by atoms with Gasteiger partial charge in [-0.25, -0.2) is 13.5 Å². The first-order valence-electron chi connectivity index (χ1n) is 7.41. The molecule has 0 aliphatic rings. The number of rotatable bonds is 6. The summed E-state index contributed by atoms with van der Waals surface area (Å²) in [5, 5.41) is 7.91. The summed E-state index contributed by atoms with van der Waals surface area (Å²) < 4.78 is 25.9. The van der Waals surface area contributed by atoms with Crippen molar-refractivity contribution in [1.29, 1.82) is 0 Å². The molecule has 0 fully saturated rings. The Morgan fingerprint density at radius 3 is 2.62 bits per heavy atom. The predicted molar refractivity (Wildman–Crippen MR) is 87.3 cm³/mol. The van der Waals surface area contributed by atoms with E-state index in [2.05, 4.69) is 10.4 Å². The average Bonchev–Trinajstić information content (AvgIpc) is 2.99. The molecule has 0 spiro atoms. The van der Waals surface area contributed by atoms with Crippen molar-refractivity contribution in [2.75, 3.05) is 6.54 Å². The quantitative estimate of drug-likeness (QED) is 0.729. The lowest BCUT2D eigenvalue weighted by Crippen LogP contribution is -2.20. The molecule has 0 atom stereocenters. The monoisotopic (exact) mass is 330 g/mol. The van der Waals surface area contributed by atoms with Gasteiger partial charge in [-0.05, 0) is 23.8 Å². The molecule has 0 unspecified atom stereocenters. The first-order chi connectivity index (χ1) is 11.5. The molecule has 0 aliphatic carbocycles. The fraction of sp³-hybridized carbons (Fsp3) is 0.176. The number of alkyl halides is 2. The van der Waals surface area contributed by atoms with Gasteiger partial charge in [0.1, 0.15) is 5.52 Å². The van der Waals surface area contributed by atoms with E-state index in [9.17, 15) is 13.6 Å². The van der Waals surface area contributed by atoms with Crippen LogP contribution in [0.1, 0.15) is 15.9 Å². The van der Waals surface area contributed by atoms with Crippen LogP contribution >= 0.6 is 0 Å². The number of nitrogens with one attached hydrogen (secondary N) is 1. The van der Waals surface area contributed by atoms with Crippen molar-refractivity contribution in [2.24, 2.45) is 5.73 Å². The van der Waals surface area contributed by atoms with Crippen molar-refractivity contribution >= 4 is 16.8 Å². The largest absolute Gasteiger partial charge is 0.366 e. The molecule has 0 saturated heterocycles. The van der Waals surface area contributed by atoms with E-state index in [1.165, 1.54) is 0 Å². The number of nitrogens with zero attached hydrogens (tertiary/aromatic N) is 2. The number of halogens is 2. The highest BCUT2D eigenvalue weighted by Gasteiger charge is 2.11. The van der Waals surface area contributed by atoms with E-state index in [-0.39, 0.29) is 6.54 Å². The third-order valence-corrected chi connectivity index (χ3v) is 3.63. The van der Waals surface area contributed by atoms with Gasteiger partial charge in [0, 0.05) is 18.1 Å². The molecule has 7 heteroatoms. The SMILES string of the molecule is NC(=O)c1cccc2cn(-c3ccc(CNCC(F)F)cc3)nc12. The Balaban J connectivity index is 1.83. The molecule has 1 amide bonds. The summed E-state index contributed by atoms with van der Waals surface area (Å²) in [5.41, 5.74) is 7.99. The number of carbonyl (C=O) groups excluding carboxylic acids is 1. The van der Waals surface area contributed by atoms with Crippen LogP contribution in [-0.4, -0.2) is 28.7 Å². The van der Waals surface area contributed by atoms with Crippen molar-refractivity contribution in [3.63, 3.8) is 0 Å². The number of hydrogen-bond acceptors (Lipinski definition) is 3. The Morgan fingerprint density at radius 2 is 1.96 bits per heavy atom. The maximum absolute atomic E-state index is 12.1. The molecule has 2 aromatic carbocycles. The summed E-state index contributed by atoms with van der Waals surface area (Å²) in [6, 6.07) is 12.6. The highest BCUT2D eigenvalue weighted by atomic mass is 19.3. The molecule has 0 aliphatic heterocycles. The number of carbonyl (C=O) groups is 1. The van der Waals surface area contributed by atoms with Crippen LogP contribution in [0.15, 0.2) is 48.7 Å². The summed E-state index contributed by atoms with van der Waals surface area (Å²) in [6.07, 6.45) is -0.550. The van der Waals surface area contributed by atoms with Crippen LogP contribution in [-0.2, 0) is 6.54 Å². The van der Waals surface area contributed by atoms with Crippen LogP contribution in [0.25, 0.3) is 16.6 Å². The number of fused-ring (bicyclic) bond motifs is 1. The van der Waals surface area contributed by atoms with Crippen molar-refractivity contribution in [2.45, 2.75) is 13.0 Å². The second-order valence-corrected chi connectivity index (χ2v) is 5.37. The minimum absolute atomic E-state index is 0.331. The van der Waals surface area contributed by atoms with E-state index in [1.54, 1.807) is 16.8 Å². The Kier molecular flexibility index (Phi) is 4.52. The number of nitrogens with two attached hydrogens (primary N) is 1. The first kappa shape index (κ1) is 16.1. The topological polar surface area (TPSA) is 72.9 Å². The summed E-state index contributed by atoms with van der Waals surface area (Å²) in [7, 11) is 0. The van der Waals surface area contributed by atoms with E-state index < -0.39 is 12.3 Å². The number of aromatic nitrogens is 2. The minimum Gasteiger partial charge on any atom is -0.366 e. The lowest BCUT2D eigenvalue weighted by Gasteiger charge is -2.06. The van der Waals surface area contributed by atoms with Crippen LogP contribution in [0, 0.1) is 0 Å². The van der Waals surface area contributed by atoms with Gasteiger partial charge < -0.3 is 11.1 Å². The van der Waals surface area contributed by atoms with E-state index in [0.29, 0.717) is 17.6 Å². The standard InChI is InChI=1S/C17H16F2N4O/c18-15(19)9-21-8-11-4-6-13(7-5-11)23-10-12-2-1-3-14(17(20)24)16(12)22-23/h1-7,10,15,21H,8-9H2,(H2,20,24). The van der Waals surface area contributed by atoms with Crippen LogP contribution in [0.4, 0.5) is 8.78 Å². The van der Waals surface area contributed by atoms with Gasteiger partial charge in [-0.3, -0.25) is 4.79 Å². The molecular weight excluding hydrogens is 314 g/mol. The second-order valence-electron chi connectivity index (χ2n) is 5.37. The zero-order valence-electron chi connectivity index (χ0n) is 12.7. The lowest BCUT2D eigenvalue weighted by atomic mass is 10.1. The maximum Gasteiger partial charge on any atom is 0.250 e. The van der Waals surface area contributed by atoms with Gasteiger partial charge in [-0.1, -0.05) is 24.3 Å². The van der Waals surface area contributed by atoms with Crippen molar-refractivity contribution in [3.8, 4) is 5.69 Å². The fourth-order valence-electron chi connectivity index (χ4n) is 2.47. The molecule has 3 aromatic rings. The van der Waals surface area contributed by atoms with E-state index >= 15 is 0 Å². The molecule has 0 bridgehead atoms. The van der Waals surface area contributed by atoms with E-state index in [4.69, 9.17) is 5.73 Å². The molecule has 124 valence electrons. The van der Waals surface area contributed by atoms with Gasteiger partial charge in [0.15, 0.2) is 0 Å². The molecule has 1 heterocycles. The number of primary amides is 1. The van der Waals surface area contributed by atoms with Gasteiger partial charge in [-0.2, -0.15) is 5.10 Å². The predicted octanol–water partition coefficient (Wildman–Crippen LogP) is 2.48. The summed E-state index contributed by atoms with van der Waals surface area (Å²) in [6.45, 7) is 0.0414. The van der Waals surface area contributed by atoms with Crippen molar-refractivity contribution in [3.05, 3.63) is 59.8 Å². The second kappa shape index (κ2) is 6.76. The molecule has 0 saturated carbocycles. The van der Waals surface area contributed by atoms with E-state index in [1.807, 2.05) is 36.5 Å². The average molecular weight is 330 g/mol. The summed E-state index contributed by atoms with van der Waals surface area (Å²) in [4.78, 5) is 11.5.